The minimum absolute atomic E-state index is 0.354. The Balaban J connectivity index is 1.42. The molecular weight excluding hydrogens is 378 g/mol. The van der Waals surface area contributed by atoms with Crippen LogP contribution >= 0.6 is 0 Å². The number of ketones is 1. The fourth-order valence-electron chi connectivity index (χ4n) is 4.34. The third-order valence-electron chi connectivity index (χ3n) is 5.99. The van der Waals surface area contributed by atoms with Crippen molar-refractivity contribution < 1.29 is 14.4 Å². The fraction of sp³-hybridized carbons (Fsp3) is 0.375. The number of nitrogens with zero attached hydrogens (tertiary/aromatic N) is 1. The average Bonchev–Trinajstić information content (AvgIpc) is 2.97. The van der Waals surface area contributed by atoms with E-state index in [0.717, 1.165) is 24.3 Å². The highest BCUT2D eigenvalue weighted by Gasteiger charge is 2.52. The lowest BCUT2D eigenvalue weighted by Gasteiger charge is -2.28. The summed E-state index contributed by atoms with van der Waals surface area (Å²) in [7, 11) is 0. The molecule has 2 aromatic rings. The van der Waals surface area contributed by atoms with Crippen LogP contribution in [0.1, 0.15) is 31.7 Å². The summed E-state index contributed by atoms with van der Waals surface area (Å²) in [4.78, 5) is 40.6. The van der Waals surface area contributed by atoms with Gasteiger partial charge in [0.25, 0.3) is 0 Å². The lowest BCUT2D eigenvalue weighted by molar-refractivity contribution is -0.135. The minimum atomic E-state index is -1.33. The summed E-state index contributed by atoms with van der Waals surface area (Å²) in [6.45, 7) is 3.77. The molecule has 2 aliphatic heterocycles. The first-order chi connectivity index (χ1) is 14.5. The summed E-state index contributed by atoms with van der Waals surface area (Å²) in [5.41, 5.74) is 1.55. The molecular formula is C24H27N3O3. The third kappa shape index (κ3) is 4.08. The van der Waals surface area contributed by atoms with Gasteiger partial charge < -0.3 is 15.5 Å². The van der Waals surface area contributed by atoms with Crippen LogP contribution < -0.4 is 15.5 Å². The van der Waals surface area contributed by atoms with E-state index in [2.05, 4.69) is 15.5 Å². The second kappa shape index (κ2) is 8.30. The number of anilines is 2. The molecule has 2 saturated heterocycles. The van der Waals surface area contributed by atoms with Gasteiger partial charge in [0, 0.05) is 30.9 Å². The van der Waals surface area contributed by atoms with Crippen LogP contribution in [0.15, 0.2) is 54.6 Å². The van der Waals surface area contributed by atoms with Gasteiger partial charge in [0.15, 0.2) is 11.7 Å². The predicted octanol–water partition coefficient (Wildman–Crippen LogP) is 2.93. The summed E-state index contributed by atoms with van der Waals surface area (Å²) in [6, 6.07) is 17.1. The van der Waals surface area contributed by atoms with E-state index in [4.69, 9.17) is 0 Å². The van der Waals surface area contributed by atoms with Crippen molar-refractivity contribution >= 4 is 29.0 Å². The smallest absolute Gasteiger partial charge is 0.244 e. The van der Waals surface area contributed by atoms with Crippen LogP contribution in [-0.2, 0) is 20.8 Å². The van der Waals surface area contributed by atoms with Crippen LogP contribution in [0.2, 0.25) is 0 Å². The Morgan fingerprint density at radius 2 is 1.70 bits per heavy atom. The van der Waals surface area contributed by atoms with Crippen LogP contribution in [-0.4, -0.2) is 36.2 Å². The van der Waals surface area contributed by atoms with Gasteiger partial charge in [0.05, 0.1) is 0 Å². The standard InChI is InChI=1S/C24H27N3O3/c1-24(16-17-8-4-2-5-9-17)21(28)20(23(30)26-24)22(29)25-18-10-12-19(13-11-18)27-14-6-3-7-15-27/h2,4-5,8-13,20H,3,6-7,14-16H2,1H3,(H,25,29)(H,26,30). The van der Waals surface area contributed by atoms with Gasteiger partial charge in [0.1, 0.15) is 5.54 Å². The Kier molecular flexibility index (Phi) is 5.57. The van der Waals surface area contributed by atoms with Gasteiger partial charge in [-0.1, -0.05) is 30.3 Å². The molecule has 2 N–H and O–H groups in total. The van der Waals surface area contributed by atoms with Crippen molar-refractivity contribution in [3.05, 3.63) is 60.2 Å². The summed E-state index contributed by atoms with van der Waals surface area (Å²) >= 11 is 0. The van der Waals surface area contributed by atoms with Crippen LogP contribution in [0.3, 0.4) is 0 Å². The van der Waals surface area contributed by atoms with Crippen molar-refractivity contribution in [1.29, 1.82) is 0 Å². The normalized spacial score (nSPS) is 23.9. The second-order valence-corrected chi connectivity index (χ2v) is 8.36. The number of hydrogen-bond acceptors (Lipinski definition) is 4. The zero-order valence-corrected chi connectivity index (χ0v) is 17.2. The second-order valence-electron chi connectivity index (χ2n) is 8.36. The Morgan fingerprint density at radius 1 is 1.03 bits per heavy atom. The van der Waals surface area contributed by atoms with E-state index in [-0.39, 0.29) is 0 Å². The maximum Gasteiger partial charge on any atom is 0.244 e. The van der Waals surface area contributed by atoms with E-state index < -0.39 is 29.1 Å². The molecule has 0 aromatic heterocycles. The molecule has 2 amide bonds. The van der Waals surface area contributed by atoms with Crippen LogP contribution in [0.5, 0.6) is 0 Å². The summed E-state index contributed by atoms with van der Waals surface area (Å²) in [5.74, 6) is -2.85. The van der Waals surface area contributed by atoms with Crippen molar-refractivity contribution in [2.75, 3.05) is 23.3 Å². The number of carbonyl (C=O) groups excluding carboxylic acids is 3. The molecule has 156 valence electrons. The number of amides is 2. The van der Waals surface area contributed by atoms with E-state index >= 15 is 0 Å². The minimum Gasteiger partial charge on any atom is -0.372 e. The molecule has 0 aliphatic carbocycles. The quantitative estimate of drug-likeness (QED) is 0.750. The Bertz CT molecular complexity index is 936. The SMILES string of the molecule is CC1(Cc2ccccc2)NC(=O)C(C(=O)Nc2ccc(N3CCCCC3)cc2)C1=O. The summed E-state index contributed by atoms with van der Waals surface area (Å²) in [6.07, 6.45) is 4.01. The molecule has 2 unspecified atom stereocenters. The maximum atomic E-state index is 13.0. The molecule has 6 heteroatoms. The topological polar surface area (TPSA) is 78.5 Å². The van der Waals surface area contributed by atoms with Gasteiger partial charge in [-0.2, -0.15) is 0 Å². The molecule has 4 rings (SSSR count). The molecule has 0 saturated carbocycles. The van der Waals surface area contributed by atoms with Crippen molar-refractivity contribution in [1.82, 2.24) is 5.32 Å². The first-order valence-corrected chi connectivity index (χ1v) is 10.5. The third-order valence-corrected chi connectivity index (χ3v) is 5.99. The van der Waals surface area contributed by atoms with Crippen LogP contribution in [0, 0.1) is 5.92 Å². The van der Waals surface area contributed by atoms with Gasteiger partial charge in [-0.15, -0.1) is 0 Å². The Hall–Kier alpha value is -3.15. The molecule has 0 radical (unpaired) electrons. The Morgan fingerprint density at radius 3 is 2.37 bits per heavy atom. The van der Waals surface area contributed by atoms with Gasteiger partial charge in [-0.05, 0) is 56.0 Å². The molecule has 0 spiro atoms. The highest BCUT2D eigenvalue weighted by Crippen LogP contribution is 2.27. The predicted molar refractivity (Wildman–Crippen MR) is 116 cm³/mol. The van der Waals surface area contributed by atoms with Crippen LogP contribution in [0.25, 0.3) is 0 Å². The first-order valence-electron chi connectivity index (χ1n) is 10.5. The molecule has 30 heavy (non-hydrogen) atoms. The zero-order chi connectivity index (χ0) is 21.1. The molecule has 0 bridgehead atoms. The number of piperidine rings is 1. The molecule has 2 atom stereocenters. The molecule has 2 fully saturated rings. The monoisotopic (exact) mass is 405 g/mol. The van der Waals surface area contributed by atoms with E-state index in [9.17, 15) is 14.4 Å². The molecule has 2 aliphatic rings. The molecule has 2 heterocycles. The highest BCUT2D eigenvalue weighted by molar-refractivity contribution is 6.27. The summed E-state index contributed by atoms with van der Waals surface area (Å²) < 4.78 is 0. The number of carbonyl (C=O) groups is 3. The van der Waals surface area contributed by atoms with Crippen molar-refractivity contribution in [2.24, 2.45) is 5.92 Å². The van der Waals surface area contributed by atoms with Crippen molar-refractivity contribution in [3.63, 3.8) is 0 Å². The number of hydrogen-bond donors (Lipinski definition) is 2. The number of benzene rings is 2. The average molecular weight is 405 g/mol. The van der Waals surface area contributed by atoms with Gasteiger partial charge >= 0.3 is 0 Å². The van der Waals surface area contributed by atoms with Gasteiger partial charge in [-0.3, -0.25) is 14.4 Å². The summed E-state index contributed by atoms with van der Waals surface area (Å²) in [5, 5.41) is 5.48. The lowest BCUT2D eigenvalue weighted by Crippen LogP contribution is -2.45. The number of Topliss-reactive ketones (excluding diaryl/α,β-unsaturated/α-hetero) is 1. The first kappa shape index (κ1) is 20.1. The fourth-order valence-corrected chi connectivity index (χ4v) is 4.34. The van der Waals surface area contributed by atoms with E-state index in [1.807, 2.05) is 54.6 Å². The Labute approximate surface area is 176 Å². The van der Waals surface area contributed by atoms with E-state index in [0.29, 0.717) is 12.1 Å². The van der Waals surface area contributed by atoms with Crippen molar-refractivity contribution in [2.45, 2.75) is 38.1 Å². The van der Waals surface area contributed by atoms with Crippen LogP contribution in [0.4, 0.5) is 11.4 Å². The van der Waals surface area contributed by atoms with E-state index in [1.54, 1.807) is 6.92 Å². The highest BCUT2D eigenvalue weighted by atomic mass is 16.2. The number of nitrogens with one attached hydrogen (secondary N) is 2. The van der Waals surface area contributed by atoms with Gasteiger partial charge in [0.2, 0.25) is 11.8 Å². The largest absolute Gasteiger partial charge is 0.372 e. The van der Waals surface area contributed by atoms with Gasteiger partial charge in [-0.25, -0.2) is 0 Å². The lowest BCUT2D eigenvalue weighted by atomic mass is 9.86. The molecule has 2 aromatic carbocycles. The number of rotatable bonds is 5. The molecule has 6 nitrogen and oxygen atoms in total. The zero-order valence-electron chi connectivity index (χ0n) is 17.2. The van der Waals surface area contributed by atoms with Crippen molar-refractivity contribution in [3.8, 4) is 0 Å². The maximum absolute atomic E-state index is 13.0. The van der Waals surface area contributed by atoms with E-state index in [1.165, 1.54) is 19.3 Å².